The van der Waals surface area contributed by atoms with Crippen LogP contribution in [-0.4, -0.2) is 64.5 Å². The van der Waals surface area contributed by atoms with E-state index in [-0.39, 0.29) is 17.7 Å². The highest BCUT2D eigenvalue weighted by Crippen LogP contribution is 2.30. The average Bonchev–Trinajstić information content (AvgIpc) is 3.04. The van der Waals surface area contributed by atoms with E-state index in [0.717, 1.165) is 49.5 Å². The van der Waals surface area contributed by atoms with E-state index in [1.54, 1.807) is 30.1 Å². The first-order valence-electron chi connectivity index (χ1n) is 14.6. The fraction of sp³-hybridized carbons (Fsp3) is 0.265. The molecule has 0 saturated carbocycles. The van der Waals surface area contributed by atoms with Crippen LogP contribution in [0.3, 0.4) is 0 Å². The number of nitrogens with zero attached hydrogens (tertiary/aromatic N) is 5. The first-order valence-corrected chi connectivity index (χ1v) is 14.6. The zero-order chi connectivity index (χ0) is 30.8. The van der Waals surface area contributed by atoms with Crippen LogP contribution in [0.25, 0.3) is 27.6 Å². The molecule has 1 aliphatic rings. The van der Waals surface area contributed by atoms with Gasteiger partial charge < -0.3 is 24.6 Å². The fourth-order valence-corrected chi connectivity index (χ4v) is 5.64. The fourth-order valence-electron chi connectivity index (χ4n) is 5.64. The highest BCUT2D eigenvalue weighted by molar-refractivity contribution is 5.85. The number of aliphatic hydroxyl groups is 1. The number of rotatable bonds is 8. The van der Waals surface area contributed by atoms with E-state index in [1.165, 1.54) is 4.57 Å². The van der Waals surface area contributed by atoms with Gasteiger partial charge in [0.05, 0.1) is 25.5 Å². The minimum Gasteiger partial charge on any atom is -0.392 e. The van der Waals surface area contributed by atoms with Gasteiger partial charge in [0, 0.05) is 81.6 Å². The number of morpholine rings is 1. The summed E-state index contributed by atoms with van der Waals surface area (Å²) in [6, 6.07) is 18.8. The highest BCUT2D eigenvalue weighted by Gasteiger charge is 2.16. The maximum absolute atomic E-state index is 13.6. The van der Waals surface area contributed by atoms with Crippen LogP contribution in [0.15, 0.2) is 88.8 Å². The van der Waals surface area contributed by atoms with Crippen molar-refractivity contribution in [2.24, 2.45) is 7.05 Å². The van der Waals surface area contributed by atoms with E-state index in [9.17, 15) is 14.7 Å². The number of aliphatic hydroxyl groups excluding tert-OH is 1. The molecule has 5 aromatic rings. The molecular formula is C34H36N6O4. The van der Waals surface area contributed by atoms with Gasteiger partial charge >= 0.3 is 0 Å². The number of hydrogen-bond acceptors (Lipinski definition) is 8. The second-order valence-corrected chi connectivity index (χ2v) is 11.2. The van der Waals surface area contributed by atoms with Crippen molar-refractivity contribution in [1.29, 1.82) is 0 Å². The lowest BCUT2D eigenvalue weighted by molar-refractivity contribution is 0.0341. The predicted molar refractivity (Wildman–Crippen MR) is 174 cm³/mol. The van der Waals surface area contributed by atoms with Gasteiger partial charge in [0.2, 0.25) is 0 Å². The predicted octanol–water partition coefficient (Wildman–Crippen LogP) is 3.89. The monoisotopic (exact) mass is 592 g/mol. The lowest BCUT2D eigenvalue weighted by Gasteiger charge is -2.26. The third-order valence-electron chi connectivity index (χ3n) is 8.06. The first kappa shape index (κ1) is 29.3. The minimum absolute atomic E-state index is 0.175. The van der Waals surface area contributed by atoms with Crippen molar-refractivity contribution in [1.82, 2.24) is 19.0 Å². The van der Waals surface area contributed by atoms with Crippen molar-refractivity contribution in [3.05, 3.63) is 111 Å². The highest BCUT2D eigenvalue weighted by atomic mass is 16.5. The second kappa shape index (κ2) is 12.5. The molecule has 226 valence electrons. The van der Waals surface area contributed by atoms with E-state index in [0.29, 0.717) is 39.3 Å². The van der Waals surface area contributed by atoms with Gasteiger partial charge in [0.1, 0.15) is 11.5 Å². The molecule has 1 fully saturated rings. The molecule has 10 nitrogen and oxygen atoms in total. The summed E-state index contributed by atoms with van der Waals surface area (Å²) in [5.74, 6) is 0.557. The number of pyridine rings is 3. The molecule has 0 aliphatic carbocycles. The Morgan fingerprint density at radius 2 is 1.82 bits per heavy atom. The van der Waals surface area contributed by atoms with Gasteiger partial charge in [-0.1, -0.05) is 18.2 Å². The molecule has 0 unspecified atom stereocenters. The van der Waals surface area contributed by atoms with Crippen LogP contribution < -0.4 is 21.3 Å². The molecule has 0 amide bonds. The summed E-state index contributed by atoms with van der Waals surface area (Å²) in [5.41, 5.74) is 4.65. The molecular weight excluding hydrogens is 556 g/mol. The summed E-state index contributed by atoms with van der Waals surface area (Å²) in [6.07, 6.45) is 5.29. The number of hydrogen-bond donors (Lipinski definition) is 2. The topological polar surface area (TPSA) is 105 Å². The minimum atomic E-state index is -0.298. The Morgan fingerprint density at radius 3 is 2.55 bits per heavy atom. The average molecular weight is 593 g/mol. The lowest BCUT2D eigenvalue weighted by atomic mass is 9.99. The molecule has 0 spiro atoms. The maximum Gasteiger partial charge on any atom is 0.274 e. The Labute approximate surface area is 255 Å². The molecule has 4 heterocycles. The standard InChI is InChI=1S/C34H36N6O4/c1-37(2)26-8-9-28-24(17-26)11-12-40(33(28)42)31-6-4-5-27(29(31)22-41)25-18-30(34(43)38(3)21-25)36-32-10-7-23(19-35-32)20-39-13-15-44-16-14-39/h4-12,17-19,21,41H,13-16,20,22H2,1-3H3,(H,35,36). The van der Waals surface area contributed by atoms with Gasteiger partial charge in [-0.2, -0.15) is 0 Å². The van der Waals surface area contributed by atoms with E-state index in [4.69, 9.17) is 4.74 Å². The van der Waals surface area contributed by atoms with Crippen LogP contribution in [0.4, 0.5) is 17.2 Å². The molecule has 10 heteroatoms. The Balaban J connectivity index is 1.33. The SMILES string of the molecule is CN(C)c1ccc2c(=O)n(-c3cccc(-c4cc(Nc5ccc(CN6CCOCC6)cn5)c(=O)n(C)c4)c3CO)ccc2c1. The summed E-state index contributed by atoms with van der Waals surface area (Å²) in [5, 5.41) is 15.2. The van der Waals surface area contributed by atoms with Gasteiger partial charge in [-0.15, -0.1) is 0 Å². The molecule has 2 aromatic carbocycles. The second-order valence-electron chi connectivity index (χ2n) is 11.2. The van der Waals surface area contributed by atoms with Gasteiger partial charge in [0.15, 0.2) is 0 Å². The number of ether oxygens (including phenoxy) is 1. The third-order valence-corrected chi connectivity index (χ3v) is 8.06. The Hall–Kier alpha value is -4.77. The van der Waals surface area contributed by atoms with E-state index in [1.807, 2.05) is 79.8 Å². The molecule has 6 rings (SSSR count). The van der Waals surface area contributed by atoms with E-state index < -0.39 is 0 Å². The number of nitrogens with one attached hydrogen (secondary N) is 1. The Kier molecular flexibility index (Phi) is 8.30. The number of anilines is 3. The van der Waals surface area contributed by atoms with Crippen LogP contribution in [0, 0.1) is 0 Å². The molecule has 0 radical (unpaired) electrons. The normalized spacial score (nSPS) is 13.7. The number of aryl methyl sites for hydroxylation is 1. The van der Waals surface area contributed by atoms with Crippen LogP contribution >= 0.6 is 0 Å². The quantitative estimate of drug-likeness (QED) is 0.280. The van der Waals surface area contributed by atoms with Gasteiger partial charge in [-0.05, 0) is 59.0 Å². The summed E-state index contributed by atoms with van der Waals surface area (Å²) in [7, 11) is 5.61. The summed E-state index contributed by atoms with van der Waals surface area (Å²) < 4.78 is 8.50. The number of aromatic nitrogens is 3. The zero-order valence-corrected chi connectivity index (χ0v) is 25.2. The number of fused-ring (bicyclic) bond motifs is 1. The largest absolute Gasteiger partial charge is 0.392 e. The van der Waals surface area contributed by atoms with Crippen LogP contribution in [0.5, 0.6) is 0 Å². The molecule has 0 bridgehead atoms. The van der Waals surface area contributed by atoms with Crippen molar-refractivity contribution < 1.29 is 9.84 Å². The van der Waals surface area contributed by atoms with Crippen molar-refractivity contribution >= 4 is 28.0 Å². The molecule has 1 aliphatic heterocycles. The van der Waals surface area contributed by atoms with Crippen LogP contribution in [-0.2, 0) is 24.9 Å². The van der Waals surface area contributed by atoms with E-state index >= 15 is 0 Å². The smallest absolute Gasteiger partial charge is 0.274 e. The summed E-state index contributed by atoms with van der Waals surface area (Å²) >= 11 is 0. The summed E-state index contributed by atoms with van der Waals surface area (Å²) in [6.45, 7) is 3.77. The third kappa shape index (κ3) is 5.87. The Bertz CT molecular complexity index is 1920. The first-order chi connectivity index (χ1) is 21.3. The summed E-state index contributed by atoms with van der Waals surface area (Å²) in [4.78, 5) is 35.6. The van der Waals surface area contributed by atoms with Crippen LogP contribution in [0.2, 0.25) is 0 Å². The number of benzene rings is 2. The van der Waals surface area contributed by atoms with Crippen molar-refractivity contribution in [3.8, 4) is 16.8 Å². The molecule has 3 aromatic heterocycles. The molecule has 44 heavy (non-hydrogen) atoms. The zero-order valence-electron chi connectivity index (χ0n) is 25.2. The van der Waals surface area contributed by atoms with Crippen molar-refractivity contribution in [2.75, 3.05) is 50.6 Å². The lowest BCUT2D eigenvalue weighted by Crippen LogP contribution is -2.35. The van der Waals surface area contributed by atoms with Crippen molar-refractivity contribution in [3.63, 3.8) is 0 Å². The van der Waals surface area contributed by atoms with Gasteiger partial charge in [-0.3, -0.25) is 19.1 Å². The Morgan fingerprint density at radius 1 is 1.00 bits per heavy atom. The van der Waals surface area contributed by atoms with E-state index in [2.05, 4.69) is 15.2 Å². The van der Waals surface area contributed by atoms with Crippen LogP contribution in [0.1, 0.15) is 11.1 Å². The van der Waals surface area contributed by atoms with Crippen molar-refractivity contribution in [2.45, 2.75) is 13.2 Å². The molecule has 1 saturated heterocycles. The van der Waals surface area contributed by atoms with Gasteiger partial charge in [-0.25, -0.2) is 4.98 Å². The maximum atomic E-state index is 13.6. The van der Waals surface area contributed by atoms with Gasteiger partial charge in [0.25, 0.3) is 11.1 Å². The molecule has 0 atom stereocenters. The molecule has 2 N–H and O–H groups in total.